The Morgan fingerprint density at radius 1 is 1.50 bits per heavy atom. The summed E-state index contributed by atoms with van der Waals surface area (Å²) in [6, 6.07) is 0. The molecule has 0 saturated heterocycles. The Labute approximate surface area is 106 Å². The molecule has 94 valence electrons. The maximum absolute atomic E-state index is 10.4. The number of carbonyl (C=O) groups is 2. The second-order valence-corrected chi connectivity index (χ2v) is 4.48. The Bertz CT molecular complexity index is 264. The topological polar surface area (TPSA) is 70.0 Å². The molecule has 2 amide bonds. The normalized spacial score (nSPS) is 10.6. The van der Waals surface area contributed by atoms with Gasteiger partial charge in [-0.2, -0.15) is 0 Å². The molecule has 0 spiro atoms. The fourth-order valence-corrected chi connectivity index (χ4v) is 0.895. The number of alkyl halides is 1. The highest BCUT2D eigenvalue weighted by atomic mass is 35.5. The van der Waals surface area contributed by atoms with Crippen LogP contribution in [-0.2, 0) is 4.79 Å². The van der Waals surface area contributed by atoms with Gasteiger partial charge in [0.05, 0.1) is 0 Å². The molecule has 0 bridgehead atoms. The van der Waals surface area contributed by atoms with Crippen LogP contribution in [0.1, 0.15) is 20.8 Å². The third-order valence-electron chi connectivity index (χ3n) is 1.22. The van der Waals surface area contributed by atoms with E-state index < -0.39 is 12.0 Å². The fourth-order valence-electron chi connectivity index (χ4n) is 0.370. The quantitative estimate of drug-likeness (QED) is 0.436. The van der Waals surface area contributed by atoms with E-state index in [1.54, 1.807) is 6.21 Å². The van der Waals surface area contributed by atoms with Crippen LogP contribution in [0.25, 0.3) is 0 Å². The third kappa shape index (κ3) is 11.3. The van der Waals surface area contributed by atoms with Gasteiger partial charge in [-0.3, -0.25) is 4.79 Å². The molecule has 0 fully saturated rings. The summed E-state index contributed by atoms with van der Waals surface area (Å²) in [6.07, 6.45) is 0.511. The van der Waals surface area contributed by atoms with Gasteiger partial charge in [-0.1, -0.05) is 20.8 Å². The van der Waals surface area contributed by atoms with Crippen LogP contribution in [0.5, 0.6) is 0 Å². The summed E-state index contributed by atoms with van der Waals surface area (Å²) in [4.78, 5) is 20.8. The first-order valence-electron chi connectivity index (χ1n) is 4.39. The van der Waals surface area contributed by atoms with E-state index in [1.807, 2.05) is 0 Å². The molecule has 16 heavy (non-hydrogen) atoms. The van der Waals surface area contributed by atoms with Gasteiger partial charge < -0.3 is 5.11 Å². The lowest BCUT2D eigenvalue weighted by molar-refractivity contribution is -0.125. The van der Waals surface area contributed by atoms with Crippen LogP contribution in [0.2, 0.25) is 0 Å². The largest absolute Gasteiger partial charge is 0.465 e. The summed E-state index contributed by atoms with van der Waals surface area (Å²) in [5, 5.41) is 8.13. The molecule has 0 radical (unpaired) electrons. The van der Waals surface area contributed by atoms with E-state index in [2.05, 4.69) is 38.0 Å². The lowest BCUT2D eigenvalue weighted by atomic mass is 10.00. The van der Waals surface area contributed by atoms with Crippen LogP contribution in [-0.4, -0.2) is 41.1 Å². The zero-order valence-electron chi connectivity index (χ0n) is 9.77. The van der Waals surface area contributed by atoms with Crippen molar-refractivity contribution >= 4 is 42.6 Å². The van der Waals surface area contributed by atoms with Gasteiger partial charge in [0.15, 0.2) is 0 Å². The van der Waals surface area contributed by atoms with E-state index in [9.17, 15) is 9.59 Å². The number of rotatable bonds is 1. The van der Waals surface area contributed by atoms with Crippen LogP contribution in [0.3, 0.4) is 0 Å². The maximum atomic E-state index is 10.4. The predicted octanol–water partition coefficient (Wildman–Crippen LogP) is 2.31. The Morgan fingerprint density at radius 3 is 2.00 bits per heavy atom. The van der Waals surface area contributed by atoms with Gasteiger partial charge in [0.2, 0.25) is 5.91 Å². The minimum absolute atomic E-state index is 0.182. The number of carbonyl (C=O) groups excluding carboxylic acids is 1. The van der Waals surface area contributed by atoms with E-state index in [0.29, 0.717) is 4.90 Å². The Hall–Kier alpha value is -0.750. The number of thiol groups is 1. The average Bonchev–Trinajstić information content (AvgIpc) is 2.14. The molecule has 0 aliphatic carbocycles. The SMILES string of the molecule is CC(C)(C)C=NS.CN(C(=O)O)C(=O)CCl. The van der Waals surface area contributed by atoms with Gasteiger partial charge in [0.1, 0.15) is 5.88 Å². The van der Waals surface area contributed by atoms with Crippen LogP contribution in [0, 0.1) is 5.41 Å². The van der Waals surface area contributed by atoms with Gasteiger partial charge in [0.25, 0.3) is 0 Å². The monoisotopic (exact) mass is 268 g/mol. The minimum atomic E-state index is -1.29. The van der Waals surface area contributed by atoms with Gasteiger partial charge >= 0.3 is 6.09 Å². The molecule has 0 aromatic heterocycles. The molecule has 0 aromatic rings. The number of imide groups is 1. The molecular weight excluding hydrogens is 252 g/mol. The minimum Gasteiger partial charge on any atom is -0.465 e. The summed E-state index contributed by atoms with van der Waals surface area (Å²) in [5.41, 5.74) is 0.182. The highest BCUT2D eigenvalue weighted by Gasteiger charge is 2.12. The first-order chi connectivity index (χ1) is 7.15. The van der Waals surface area contributed by atoms with E-state index in [4.69, 9.17) is 16.7 Å². The molecule has 0 heterocycles. The summed E-state index contributed by atoms with van der Waals surface area (Å²) < 4.78 is 3.58. The molecule has 0 saturated carbocycles. The average molecular weight is 269 g/mol. The van der Waals surface area contributed by atoms with E-state index in [0.717, 1.165) is 7.05 Å². The second kappa shape index (κ2) is 8.41. The number of hydrogen-bond donors (Lipinski definition) is 2. The van der Waals surface area contributed by atoms with Crippen molar-refractivity contribution in [3.05, 3.63) is 0 Å². The van der Waals surface area contributed by atoms with Crippen molar-refractivity contribution in [2.24, 2.45) is 9.81 Å². The highest BCUT2D eigenvalue weighted by Crippen LogP contribution is 2.08. The van der Waals surface area contributed by atoms with Crippen molar-refractivity contribution in [2.75, 3.05) is 12.9 Å². The molecule has 5 nitrogen and oxygen atoms in total. The van der Waals surface area contributed by atoms with Crippen molar-refractivity contribution in [3.8, 4) is 0 Å². The summed E-state index contributed by atoms with van der Waals surface area (Å²) in [7, 11) is 1.15. The zero-order chi connectivity index (χ0) is 13.4. The van der Waals surface area contributed by atoms with Gasteiger partial charge in [-0.25, -0.2) is 14.1 Å². The molecular formula is C9H17ClN2O3S. The lowest BCUT2D eigenvalue weighted by Crippen LogP contribution is -2.32. The maximum Gasteiger partial charge on any atom is 0.413 e. The van der Waals surface area contributed by atoms with Crippen molar-refractivity contribution in [3.63, 3.8) is 0 Å². The zero-order valence-corrected chi connectivity index (χ0v) is 11.4. The van der Waals surface area contributed by atoms with Crippen molar-refractivity contribution in [2.45, 2.75) is 20.8 Å². The lowest BCUT2D eigenvalue weighted by Gasteiger charge is -2.07. The molecule has 7 heteroatoms. The first kappa shape index (κ1) is 17.6. The molecule has 0 aromatic carbocycles. The highest BCUT2D eigenvalue weighted by molar-refractivity contribution is 7.78. The van der Waals surface area contributed by atoms with Gasteiger partial charge in [-0.15, -0.1) is 11.6 Å². The Kier molecular flexibility index (Phi) is 9.27. The summed E-state index contributed by atoms with van der Waals surface area (Å²) >= 11 is 8.72. The van der Waals surface area contributed by atoms with E-state index >= 15 is 0 Å². The van der Waals surface area contributed by atoms with Gasteiger partial charge in [0, 0.05) is 13.3 Å². The van der Waals surface area contributed by atoms with Crippen LogP contribution >= 0.6 is 24.4 Å². The Morgan fingerprint density at radius 2 is 1.94 bits per heavy atom. The van der Waals surface area contributed by atoms with Crippen LogP contribution in [0.15, 0.2) is 4.40 Å². The van der Waals surface area contributed by atoms with Crippen LogP contribution in [0.4, 0.5) is 4.79 Å². The smallest absolute Gasteiger partial charge is 0.413 e. The fraction of sp³-hybridized carbons (Fsp3) is 0.667. The number of amides is 2. The molecule has 0 rings (SSSR count). The van der Waals surface area contributed by atoms with Crippen molar-refractivity contribution in [1.29, 1.82) is 0 Å². The second-order valence-electron chi connectivity index (χ2n) is 3.98. The number of carboxylic acid groups (broad SMARTS) is 1. The molecule has 0 unspecified atom stereocenters. The number of nitrogens with zero attached hydrogens (tertiary/aromatic N) is 2. The van der Waals surface area contributed by atoms with Crippen molar-refractivity contribution in [1.82, 2.24) is 4.90 Å². The summed E-state index contributed by atoms with van der Waals surface area (Å²) in [6.45, 7) is 6.23. The molecule has 1 N–H and O–H groups in total. The standard InChI is InChI=1S/C5H11NS.C4H6ClNO3/c1-5(2,3)4-6-7;1-6(4(8)9)3(7)2-5/h4,7H,1-3H3;2H2,1H3,(H,8,9). The number of hydrogen-bond acceptors (Lipinski definition) is 4. The van der Waals surface area contributed by atoms with Crippen molar-refractivity contribution < 1.29 is 14.7 Å². The first-order valence-corrected chi connectivity index (χ1v) is 5.33. The van der Waals surface area contributed by atoms with E-state index in [-0.39, 0.29) is 11.3 Å². The van der Waals surface area contributed by atoms with Gasteiger partial charge in [-0.05, 0) is 18.2 Å². The van der Waals surface area contributed by atoms with Crippen LogP contribution < -0.4 is 0 Å². The predicted molar refractivity (Wildman–Crippen MR) is 68.4 cm³/mol. The Balaban J connectivity index is 0. The third-order valence-corrected chi connectivity index (χ3v) is 1.56. The molecule has 0 aliphatic heterocycles. The van der Waals surface area contributed by atoms with E-state index in [1.165, 1.54) is 0 Å². The summed E-state index contributed by atoms with van der Waals surface area (Å²) in [5.74, 6) is -0.924. The molecule has 0 aliphatic rings. The number of halogens is 1. The molecule has 0 atom stereocenters.